The van der Waals surface area contributed by atoms with Gasteiger partial charge in [-0.3, -0.25) is 14.4 Å². The number of ether oxygens (including phenoxy) is 1. The van der Waals surface area contributed by atoms with E-state index in [2.05, 4.69) is 15.9 Å². The van der Waals surface area contributed by atoms with E-state index in [9.17, 15) is 4.79 Å². The van der Waals surface area contributed by atoms with Gasteiger partial charge in [0.15, 0.2) is 0 Å². The Morgan fingerprint density at radius 2 is 1.60 bits per heavy atom. The van der Waals surface area contributed by atoms with E-state index in [1.165, 1.54) is 0 Å². The van der Waals surface area contributed by atoms with Crippen molar-refractivity contribution in [3.63, 3.8) is 0 Å². The maximum absolute atomic E-state index is 13.1. The first kappa shape index (κ1) is 21.5. The number of nitrogens with two attached hydrogens (primary N) is 1. The maximum atomic E-state index is 13.1. The molecule has 1 fully saturated rings. The van der Waals surface area contributed by atoms with Crippen LogP contribution in [0.1, 0.15) is 5.56 Å². The number of rotatable bonds is 5. The Balaban J connectivity index is 0.00000256. The highest BCUT2D eigenvalue weighted by atomic mass is 16.5. The van der Waals surface area contributed by atoms with E-state index in [-0.39, 0.29) is 11.0 Å². The summed E-state index contributed by atoms with van der Waals surface area (Å²) in [5.41, 5.74) is 8.84. The third-order valence-corrected chi connectivity index (χ3v) is 5.59. The molecule has 0 aliphatic carbocycles. The summed E-state index contributed by atoms with van der Waals surface area (Å²) in [4.78, 5) is 17.7. The molecule has 160 valence electrons. The van der Waals surface area contributed by atoms with Gasteiger partial charge in [0.2, 0.25) is 0 Å². The van der Waals surface area contributed by atoms with Crippen molar-refractivity contribution >= 4 is 11.5 Å². The summed E-state index contributed by atoms with van der Waals surface area (Å²) in [6, 6.07) is 17.7. The van der Waals surface area contributed by atoms with Crippen LogP contribution < -0.4 is 20.9 Å². The van der Waals surface area contributed by atoms with Gasteiger partial charge in [0.05, 0.1) is 24.0 Å². The number of aromatic nitrogens is 2. The number of para-hydroxylation sites is 3. The zero-order valence-corrected chi connectivity index (χ0v) is 17.4. The molecular formula is C22H29N5O3. The molecule has 0 bridgehead atoms. The first-order chi connectivity index (χ1) is 14.1. The summed E-state index contributed by atoms with van der Waals surface area (Å²) in [7, 11) is 3.53. The SMILES string of the molecule is COc1ccccc1N1CCN(Cc2c(N)n(C)n(-c3ccccc3)c2=O)CC1.O. The summed E-state index contributed by atoms with van der Waals surface area (Å²) in [6.07, 6.45) is 0. The minimum absolute atomic E-state index is 0. The molecule has 0 saturated carbocycles. The van der Waals surface area contributed by atoms with Crippen molar-refractivity contribution in [2.24, 2.45) is 7.05 Å². The Morgan fingerprint density at radius 3 is 2.27 bits per heavy atom. The predicted molar refractivity (Wildman–Crippen MR) is 120 cm³/mol. The van der Waals surface area contributed by atoms with Gasteiger partial charge >= 0.3 is 0 Å². The fraction of sp³-hybridized carbons (Fsp3) is 0.318. The lowest BCUT2D eigenvalue weighted by molar-refractivity contribution is 0.249. The number of piperazine rings is 1. The van der Waals surface area contributed by atoms with Crippen LogP contribution in [0.4, 0.5) is 11.5 Å². The van der Waals surface area contributed by atoms with Gasteiger partial charge < -0.3 is 20.8 Å². The Morgan fingerprint density at radius 1 is 0.967 bits per heavy atom. The summed E-state index contributed by atoms with van der Waals surface area (Å²) >= 11 is 0. The van der Waals surface area contributed by atoms with Gasteiger partial charge in [-0.1, -0.05) is 30.3 Å². The van der Waals surface area contributed by atoms with E-state index < -0.39 is 0 Å². The van der Waals surface area contributed by atoms with E-state index in [4.69, 9.17) is 10.5 Å². The number of hydrogen-bond donors (Lipinski definition) is 1. The van der Waals surface area contributed by atoms with Crippen LogP contribution in [0.15, 0.2) is 59.4 Å². The van der Waals surface area contributed by atoms with E-state index in [0.717, 1.165) is 43.3 Å². The molecule has 2 aromatic carbocycles. The highest BCUT2D eigenvalue weighted by Crippen LogP contribution is 2.28. The Labute approximate surface area is 176 Å². The molecule has 3 aromatic rings. The number of nitrogens with zero attached hydrogens (tertiary/aromatic N) is 4. The molecule has 1 aliphatic rings. The van der Waals surface area contributed by atoms with Crippen molar-refractivity contribution in [3.05, 3.63) is 70.5 Å². The summed E-state index contributed by atoms with van der Waals surface area (Å²) in [5.74, 6) is 1.41. The van der Waals surface area contributed by atoms with Gasteiger partial charge in [0.25, 0.3) is 5.56 Å². The van der Waals surface area contributed by atoms with Gasteiger partial charge in [0.1, 0.15) is 11.6 Å². The summed E-state index contributed by atoms with van der Waals surface area (Å²) in [6.45, 7) is 4.02. The van der Waals surface area contributed by atoms with E-state index in [1.807, 2.05) is 55.6 Å². The van der Waals surface area contributed by atoms with Crippen LogP contribution in [-0.4, -0.2) is 53.0 Å². The average Bonchev–Trinajstić information content (AvgIpc) is 2.98. The number of nitrogen functional groups attached to an aromatic ring is 1. The Bertz CT molecular complexity index is 1040. The van der Waals surface area contributed by atoms with Crippen LogP contribution in [0.3, 0.4) is 0 Å². The molecule has 0 spiro atoms. The highest BCUT2D eigenvalue weighted by Gasteiger charge is 2.23. The largest absolute Gasteiger partial charge is 0.495 e. The lowest BCUT2D eigenvalue weighted by Gasteiger charge is -2.36. The van der Waals surface area contributed by atoms with Crippen LogP contribution in [0.5, 0.6) is 5.75 Å². The van der Waals surface area contributed by atoms with Crippen molar-refractivity contribution in [2.75, 3.05) is 43.9 Å². The molecule has 2 heterocycles. The Kier molecular flexibility index (Phi) is 6.49. The third kappa shape index (κ3) is 3.92. The molecule has 4 N–H and O–H groups in total. The third-order valence-electron chi connectivity index (χ3n) is 5.59. The van der Waals surface area contributed by atoms with Gasteiger partial charge in [-0.15, -0.1) is 0 Å². The molecule has 1 aromatic heterocycles. The van der Waals surface area contributed by atoms with E-state index in [1.54, 1.807) is 16.5 Å². The monoisotopic (exact) mass is 411 g/mol. The zero-order chi connectivity index (χ0) is 20.4. The molecule has 4 rings (SSSR count). The summed E-state index contributed by atoms with van der Waals surface area (Å²) < 4.78 is 8.86. The van der Waals surface area contributed by atoms with Gasteiger partial charge in [-0.05, 0) is 24.3 Å². The van der Waals surface area contributed by atoms with Crippen molar-refractivity contribution in [2.45, 2.75) is 6.54 Å². The number of anilines is 2. The second-order valence-corrected chi connectivity index (χ2v) is 7.27. The average molecular weight is 412 g/mol. The number of methoxy groups -OCH3 is 1. The number of benzene rings is 2. The molecule has 1 aliphatic heterocycles. The zero-order valence-electron chi connectivity index (χ0n) is 17.4. The normalized spacial score (nSPS) is 14.4. The minimum atomic E-state index is -0.0524. The van der Waals surface area contributed by atoms with Crippen molar-refractivity contribution in [3.8, 4) is 11.4 Å². The van der Waals surface area contributed by atoms with Crippen LogP contribution >= 0.6 is 0 Å². The molecule has 8 heteroatoms. The first-order valence-electron chi connectivity index (χ1n) is 9.82. The molecule has 8 nitrogen and oxygen atoms in total. The quantitative estimate of drug-likeness (QED) is 0.681. The highest BCUT2D eigenvalue weighted by molar-refractivity contribution is 5.58. The van der Waals surface area contributed by atoms with Crippen LogP contribution in [0, 0.1) is 0 Å². The lowest BCUT2D eigenvalue weighted by Crippen LogP contribution is -2.46. The predicted octanol–water partition coefficient (Wildman–Crippen LogP) is 1.26. The molecule has 30 heavy (non-hydrogen) atoms. The van der Waals surface area contributed by atoms with Crippen molar-refractivity contribution < 1.29 is 10.2 Å². The molecule has 0 amide bonds. The van der Waals surface area contributed by atoms with Crippen molar-refractivity contribution in [1.82, 2.24) is 14.3 Å². The second-order valence-electron chi connectivity index (χ2n) is 7.27. The fourth-order valence-corrected chi connectivity index (χ4v) is 3.95. The van der Waals surface area contributed by atoms with E-state index in [0.29, 0.717) is 17.9 Å². The fourth-order valence-electron chi connectivity index (χ4n) is 3.95. The van der Waals surface area contributed by atoms with Crippen LogP contribution in [-0.2, 0) is 13.6 Å². The smallest absolute Gasteiger partial charge is 0.278 e. The minimum Gasteiger partial charge on any atom is -0.495 e. The van der Waals surface area contributed by atoms with Gasteiger partial charge in [-0.25, -0.2) is 4.68 Å². The molecular weight excluding hydrogens is 382 g/mol. The van der Waals surface area contributed by atoms with Crippen LogP contribution in [0.25, 0.3) is 5.69 Å². The molecule has 0 unspecified atom stereocenters. The van der Waals surface area contributed by atoms with Crippen molar-refractivity contribution in [1.29, 1.82) is 0 Å². The topological polar surface area (TPSA) is 100 Å². The van der Waals surface area contributed by atoms with Crippen LogP contribution in [0.2, 0.25) is 0 Å². The van der Waals surface area contributed by atoms with E-state index >= 15 is 0 Å². The summed E-state index contributed by atoms with van der Waals surface area (Å²) in [5, 5.41) is 0. The molecule has 0 atom stereocenters. The second kappa shape index (κ2) is 9.06. The molecule has 0 radical (unpaired) electrons. The standard InChI is InChI=1S/C22H27N5O2.H2O/c1-24-21(23)18(22(28)27(24)17-8-4-3-5-9-17)16-25-12-14-26(15-13-25)19-10-6-7-11-20(19)29-2;/h3-11H,12-16,23H2,1-2H3;1H2. The lowest BCUT2D eigenvalue weighted by atomic mass is 10.2. The van der Waals surface area contributed by atoms with Gasteiger partial charge in [0, 0.05) is 39.8 Å². The number of hydrogen-bond acceptors (Lipinski definition) is 5. The van der Waals surface area contributed by atoms with Gasteiger partial charge in [-0.2, -0.15) is 0 Å². The first-order valence-corrected chi connectivity index (χ1v) is 9.82. The Hall–Kier alpha value is -3.23. The molecule has 1 saturated heterocycles. The maximum Gasteiger partial charge on any atom is 0.278 e.